The summed E-state index contributed by atoms with van der Waals surface area (Å²) in [4.78, 5) is 68.6. The van der Waals surface area contributed by atoms with Gasteiger partial charge in [-0.1, -0.05) is 24.6 Å². The van der Waals surface area contributed by atoms with E-state index >= 15 is 0 Å². The van der Waals surface area contributed by atoms with E-state index in [1.807, 2.05) is 29.6 Å². The number of hydrogen-bond acceptors (Lipinski definition) is 7. The Labute approximate surface area is 242 Å². The average molecular weight is 587 g/mol. The van der Waals surface area contributed by atoms with Crippen molar-refractivity contribution in [2.75, 3.05) is 6.54 Å². The van der Waals surface area contributed by atoms with Crippen LogP contribution in [0.15, 0.2) is 30.5 Å². The highest BCUT2D eigenvalue weighted by Gasteiger charge is 2.51. The topological polar surface area (TPSA) is 227 Å². The molecule has 0 bridgehead atoms. The molecular formula is C28H38N6O8. The Bertz CT molecular complexity index is 1340. The fourth-order valence-corrected chi connectivity index (χ4v) is 6.24. The van der Waals surface area contributed by atoms with Gasteiger partial charge in [0, 0.05) is 30.1 Å². The first-order valence-corrected chi connectivity index (χ1v) is 14.0. The molecule has 2 aliphatic rings. The number of carboxylic acid groups (broad SMARTS) is 1. The molecule has 8 atom stereocenters. The van der Waals surface area contributed by atoms with Gasteiger partial charge in [-0.2, -0.15) is 0 Å². The number of primary amides is 1. The first-order chi connectivity index (χ1) is 19.9. The number of carbonyl (C=O) groups is 5. The number of hydrogen-bond donors (Lipinski definition) is 8. The van der Waals surface area contributed by atoms with Crippen molar-refractivity contribution in [3.05, 3.63) is 36.0 Å². The van der Waals surface area contributed by atoms with E-state index in [0.29, 0.717) is 12.0 Å². The van der Waals surface area contributed by atoms with Gasteiger partial charge in [-0.25, -0.2) is 4.79 Å². The lowest BCUT2D eigenvalue weighted by Crippen LogP contribution is -2.61. The van der Waals surface area contributed by atoms with Gasteiger partial charge in [-0.05, 0) is 50.2 Å². The summed E-state index contributed by atoms with van der Waals surface area (Å²) in [7, 11) is 0. The Morgan fingerprint density at radius 2 is 1.71 bits per heavy atom. The highest BCUT2D eigenvalue weighted by atomic mass is 16.4. The third kappa shape index (κ3) is 6.49. The zero-order valence-electron chi connectivity index (χ0n) is 23.4. The summed E-state index contributed by atoms with van der Waals surface area (Å²) in [6.07, 6.45) is -0.142. The smallest absolute Gasteiger partial charge is 0.405 e. The number of H-pyrrole nitrogens is 1. The standard InChI is InChI=1S/C28H38N6O8/c1-13(35)21(24(29)37)32-25(38)20(10-16-11-30-19-9-4-3-7-17(16)19)31-26(39)23-18-8-5-6-15(18)12-34(23)27(40)22(14(2)36)33-28(41)42/h3-4,7,9,11,13-15,18,20-23,30,33,35-36H,5-6,8,10,12H2,1-2H3,(H2,29,37)(H,31,39)(H,32,38)(H,41,42)/t13-,14-,15+,18+,20?,21+,22+,23+/m1/s1. The molecule has 14 heteroatoms. The number of aliphatic hydroxyl groups excluding tert-OH is 2. The fraction of sp³-hybridized carbons (Fsp3) is 0.536. The lowest BCUT2D eigenvalue weighted by molar-refractivity contribution is -0.143. The van der Waals surface area contributed by atoms with Crippen LogP contribution in [0.1, 0.15) is 38.7 Å². The second-order valence-corrected chi connectivity index (χ2v) is 11.2. The zero-order chi connectivity index (χ0) is 30.7. The van der Waals surface area contributed by atoms with Crippen molar-refractivity contribution in [3.63, 3.8) is 0 Å². The second-order valence-electron chi connectivity index (χ2n) is 11.2. The Balaban J connectivity index is 1.63. The van der Waals surface area contributed by atoms with E-state index in [1.54, 1.807) is 6.20 Å². The molecule has 4 rings (SSSR count). The van der Waals surface area contributed by atoms with Crippen molar-refractivity contribution in [2.45, 2.75) is 75.9 Å². The first-order valence-electron chi connectivity index (χ1n) is 14.0. The number of nitrogens with one attached hydrogen (secondary N) is 4. The van der Waals surface area contributed by atoms with Gasteiger partial charge in [-0.15, -0.1) is 0 Å². The average Bonchev–Trinajstić information content (AvgIpc) is 3.63. The number of likely N-dealkylation sites (tertiary alicyclic amines) is 1. The summed E-state index contributed by atoms with van der Waals surface area (Å²) in [5, 5.41) is 37.4. The fourth-order valence-electron chi connectivity index (χ4n) is 6.24. The summed E-state index contributed by atoms with van der Waals surface area (Å²) < 4.78 is 0. The molecule has 2 fully saturated rings. The highest BCUT2D eigenvalue weighted by molar-refractivity contribution is 5.96. The third-order valence-electron chi connectivity index (χ3n) is 8.29. The van der Waals surface area contributed by atoms with Crippen molar-refractivity contribution in [1.29, 1.82) is 0 Å². The normalized spacial score (nSPS) is 23.3. The molecule has 9 N–H and O–H groups in total. The van der Waals surface area contributed by atoms with Crippen LogP contribution in [0.3, 0.4) is 0 Å². The van der Waals surface area contributed by atoms with E-state index < -0.39 is 66.1 Å². The largest absolute Gasteiger partial charge is 0.465 e. The van der Waals surface area contributed by atoms with Gasteiger partial charge in [0.25, 0.3) is 0 Å². The van der Waals surface area contributed by atoms with E-state index in [2.05, 4.69) is 15.6 Å². The quantitative estimate of drug-likeness (QED) is 0.166. The predicted molar refractivity (Wildman–Crippen MR) is 150 cm³/mol. The summed E-state index contributed by atoms with van der Waals surface area (Å²) in [5.74, 6) is -3.29. The summed E-state index contributed by atoms with van der Waals surface area (Å²) in [6.45, 7) is 2.79. The number of amides is 5. The maximum Gasteiger partial charge on any atom is 0.405 e. The minimum Gasteiger partial charge on any atom is -0.465 e. The number of carbonyl (C=O) groups excluding carboxylic acids is 4. The molecule has 228 valence electrons. The molecule has 42 heavy (non-hydrogen) atoms. The second kappa shape index (κ2) is 12.8. The number of nitrogens with two attached hydrogens (primary N) is 1. The predicted octanol–water partition coefficient (Wildman–Crippen LogP) is -0.810. The summed E-state index contributed by atoms with van der Waals surface area (Å²) >= 11 is 0. The van der Waals surface area contributed by atoms with E-state index in [0.717, 1.165) is 23.7 Å². The number of nitrogens with zero attached hydrogens (tertiary/aromatic N) is 1. The lowest BCUT2D eigenvalue weighted by atomic mass is 9.93. The minimum atomic E-state index is -1.49. The van der Waals surface area contributed by atoms with Crippen LogP contribution in [0, 0.1) is 11.8 Å². The first kappa shape index (κ1) is 30.8. The van der Waals surface area contributed by atoms with E-state index in [4.69, 9.17) is 5.73 Å². The van der Waals surface area contributed by atoms with Crippen LogP contribution in [0.25, 0.3) is 10.9 Å². The van der Waals surface area contributed by atoms with Crippen LogP contribution in [0.2, 0.25) is 0 Å². The van der Waals surface area contributed by atoms with Gasteiger partial charge in [0.1, 0.15) is 24.2 Å². The SMILES string of the molecule is C[C@@H](O)[C@H](NC(=O)C(Cc1c[nH]c2ccccc12)NC(=O)[C@@H]1[C@H]2CCC[C@H]2CN1C(=O)[C@@H](NC(=O)O)[C@@H](C)O)C(N)=O. The lowest BCUT2D eigenvalue weighted by Gasteiger charge is -2.32. The van der Waals surface area contributed by atoms with Gasteiger partial charge >= 0.3 is 6.09 Å². The van der Waals surface area contributed by atoms with Crippen LogP contribution >= 0.6 is 0 Å². The van der Waals surface area contributed by atoms with Crippen LogP contribution in [-0.2, 0) is 25.6 Å². The number of aliphatic hydroxyl groups is 2. The number of rotatable bonds is 11. The number of para-hydroxylation sites is 1. The molecule has 1 aromatic heterocycles. The third-order valence-corrected chi connectivity index (χ3v) is 8.29. The molecule has 1 aromatic carbocycles. The highest BCUT2D eigenvalue weighted by Crippen LogP contribution is 2.42. The Morgan fingerprint density at radius 3 is 2.36 bits per heavy atom. The van der Waals surface area contributed by atoms with Gasteiger partial charge in [-0.3, -0.25) is 19.2 Å². The van der Waals surface area contributed by atoms with E-state index in [-0.39, 0.29) is 24.8 Å². The molecule has 14 nitrogen and oxygen atoms in total. The molecule has 1 saturated heterocycles. The molecule has 1 saturated carbocycles. The van der Waals surface area contributed by atoms with Gasteiger partial charge in [0.2, 0.25) is 23.6 Å². The van der Waals surface area contributed by atoms with Crippen molar-refractivity contribution in [2.24, 2.45) is 17.6 Å². The molecule has 1 aliphatic carbocycles. The van der Waals surface area contributed by atoms with Crippen LogP contribution < -0.4 is 21.7 Å². The molecule has 2 aromatic rings. The van der Waals surface area contributed by atoms with Crippen molar-refractivity contribution in [3.8, 4) is 0 Å². The number of benzene rings is 1. The number of aromatic amines is 1. The van der Waals surface area contributed by atoms with Crippen molar-refractivity contribution in [1.82, 2.24) is 25.8 Å². The van der Waals surface area contributed by atoms with Crippen LogP contribution in [0.4, 0.5) is 4.79 Å². The molecule has 2 heterocycles. The van der Waals surface area contributed by atoms with Crippen molar-refractivity contribution < 1.29 is 39.3 Å². The molecular weight excluding hydrogens is 548 g/mol. The van der Waals surface area contributed by atoms with Gasteiger partial charge in [0.15, 0.2) is 0 Å². The maximum absolute atomic E-state index is 13.9. The molecule has 5 amide bonds. The number of aromatic nitrogens is 1. The summed E-state index contributed by atoms with van der Waals surface area (Å²) in [6, 6.07) is 2.26. The van der Waals surface area contributed by atoms with Crippen LogP contribution in [0.5, 0.6) is 0 Å². The number of fused-ring (bicyclic) bond motifs is 2. The van der Waals surface area contributed by atoms with Crippen molar-refractivity contribution >= 4 is 40.6 Å². The van der Waals surface area contributed by atoms with E-state index in [1.165, 1.54) is 18.7 Å². The molecule has 1 aliphatic heterocycles. The Hall–Kier alpha value is -4.17. The Kier molecular flexibility index (Phi) is 9.36. The zero-order valence-corrected chi connectivity index (χ0v) is 23.4. The minimum absolute atomic E-state index is 0.000415. The molecule has 0 spiro atoms. The van der Waals surface area contributed by atoms with E-state index in [9.17, 15) is 39.3 Å². The van der Waals surface area contributed by atoms with Gasteiger partial charge in [0.05, 0.1) is 12.2 Å². The molecule has 0 radical (unpaired) electrons. The Morgan fingerprint density at radius 1 is 1.02 bits per heavy atom. The van der Waals surface area contributed by atoms with Crippen LogP contribution in [-0.4, -0.2) is 97.8 Å². The maximum atomic E-state index is 13.9. The molecule has 1 unspecified atom stereocenters. The van der Waals surface area contributed by atoms with Gasteiger partial charge < -0.3 is 46.9 Å². The monoisotopic (exact) mass is 586 g/mol. The summed E-state index contributed by atoms with van der Waals surface area (Å²) in [5.41, 5.74) is 6.89.